The molecule has 3 nitrogen and oxygen atoms in total. The van der Waals surface area contributed by atoms with Crippen LogP contribution in [0.3, 0.4) is 0 Å². The van der Waals surface area contributed by atoms with Gasteiger partial charge in [0.25, 0.3) is 0 Å². The van der Waals surface area contributed by atoms with Crippen molar-refractivity contribution in [2.24, 2.45) is 5.73 Å². The molecule has 0 aliphatic carbocycles. The number of benzene rings is 8. The molecule has 228 valence electrons. The monoisotopic (exact) mass is 615 g/mol. The second kappa shape index (κ2) is 11.6. The average Bonchev–Trinajstić information content (AvgIpc) is 3.49. The number of fused-ring (bicyclic) bond motifs is 10. The van der Waals surface area contributed by atoms with Crippen LogP contribution in [0.15, 0.2) is 176 Å². The molecule has 3 N–H and O–H groups in total. The summed E-state index contributed by atoms with van der Waals surface area (Å²) in [6.45, 7) is 0. The van der Waals surface area contributed by atoms with Gasteiger partial charge in [0, 0.05) is 21.5 Å². The van der Waals surface area contributed by atoms with Gasteiger partial charge in [-0.2, -0.15) is 0 Å². The largest absolute Gasteiger partial charge is 0.321 e. The van der Waals surface area contributed by atoms with Gasteiger partial charge in [-0.05, 0) is 55.9 Å². The zero-order valence-electron chi connectivity index (χ0n) is 26.3. The van der Waals surface area contributed by atoms with Crippen LogP contribution < -0.4 is 11.2 Å². The Kier molecular flexibility index (Phi) is 6.77. The maximum absolute atomic E-state index is 6.91. The lowest BCUT2D eigenvalue weighted by atomic mass is 9.93. The Morgan fingerprint density at radius 1 is 0.500 bits per heavy atom. The number of para-hydroxylation sites is 1. The Morgan fingerprint density at radius 3 is 1.88 bits per heavy atom. The van der Waals surface area contributed by atoms with E-state index in [0.29, 0.717) is 0 Å². The van der Waals surface area contributed by atoms with Crippen molar-refractivity contribution in [3.63, 3.8) is 0 Å². The summed E-state index contributed by atoms with van der Waals surface area (Å²) in [7, 11) is 0. The molecule has 1 heterocycles. The number of nitrogens with two attached hydrogens (primary N) is 1. The molecule has 0 aliphatic rings. The van der Waals surface area contributed by atoms with Crippen molar-refractivity contribution in [3.8, 4) is 11.1 Å². The van der Waals surface area contributed by atoms with Crippen LogP contribution in [-0.4, -0.2) is 4.68 Å². The first-order chi connectivity index (χ1) is 23.7. The number of hydrogen-bond acceptors (Lipinski definition) is 2. The van der Waals surface area contributed by atoms with Crippen LogP contribution >= 0.6 is 0 Å². The van der Waals surface area contributed by atoms with E-state index in [9.17, 15) is 0 Å². The van der Waals surface area contributed by atoms with Crippen molar-refractivity contribution in [2.45, 2.75) is 6.04 Å². The maximum atomic E-state index is 6.91. The lowest BCUT2D eigenvalue weighted by molar-refractivity contribution is 0.907. The zero-order valence-corrected chi connectivity index (χ0v) is 26.3. The van der Waals surface area contributed by atoms with Crippen molar-refractivity contribution in [1.29, 1.82) is 0 Å². The lowest BCUT2D eigenvalue weighted by Gasteiger charge is -2.19. The topological polar surface area (TPSA) is 43.0 Å². The van der Waals surface area contributed by atoms with Crippen LogP contribution in [-0.2, 0) is 0 Å². The summed E-state index contributed by atoms with van der Waals surface area (Å²) in [5, 5.41) is 9.91. The molecule has 0 radical (unpaired) electrons. The Labute approximate surface area is 279 Å². The van der Waals surface area contributed by atoms with E-state index in [1.54, 1.807) is 0 Å². The molecular formula is C45H33N3. The summed E-state index contributed by atoms with van der Waals surface area (Å²) in [5.74, 6) is 0. The molecule has 48 heavy (non-hydrogen) atoms. The summed E-state index contributed by atoms with van der Waals surface area (Å²) in [5.41, 5.74) is 18.5. The fourth-order valence-electron chi connectivity index (χ4n) is 7.30. The van der Waals surface area contributed by atoms with Gasteiger partial charge >= 0.3 is 0 Å². The third-order valence-corrected chi connectivity index (χ3v) is 9.59. The summed E-state index contributed by atoms with van der Waals surface area (Å²) in [6, 6.07) is 60.0. The van der Waals surface area contributed by atoms with E-state index in [4.69, 9.17) is 5.73 Å². The van der Waals surface area contributed by atoms with Crippen molar-refractivity contribution in [2.75, 3.05) is 5.43 Å². The van der Waals surface area contributed by atoms with Gasteiger partial charge in [0.05, 0.1) is 22.8 Å². The molecule has 1 aromatic heterocycles. The van der Waals surface area contributed by atoms with Gasteiger partial charge in [0.1, 0.15) is 0 Å². The Morgan fingerprint density at radius 2 is 1.10 bits per heavy atom. The van der Waals surface area contributed by atoms with E-state index in [0.717, 1.165) is 27.9 Å². The minimum Gasteiger partial charge on any atom is -0.321 e. The maximum Gasteiger partial charge on any atom is 0.0794 e. The van der Waals surface area contributed by atoms with Crippen molar-refractivity contribution in [1.82, 2.24) is 4.68 Å². The third kappa shape index (κ3) is 4.64. The van der Waals surface area contributed by atoms with Crippen LogP contribution in [0, 0.1) is 0 Å². The van der Waals surface area contributed by atoms with Crippen LogP contribution in [0.4, 0.5) is 0 Å². The highest BCUT2D eigenvalue weighted by atomic mass is 15.4. The van der Waals surface area contributed by atoms with E-state index in [2.05, 4.69) is 168 Å². The highest BCUT2D eigenvalue weighted by Crippen LogP contribution is 2.43. The molecule has 0 spiro atoms. The van der Waals surface area contributed by atoms with E-state index in [1.165, 1.54) is 54.2 Å². The molecule has 0 saturated heterocycles. The number of aromatic nitrogens is 1. The number of nitrogens with one attached hydrogen (secondary N) is 1. The molecule has 0 bridgehead atoms. The van der Waals surface area contributed by atoms with Gasteiger partial charge in [0.15, 0.2) is 0 Å². The molecule has 9 rings (SSSR count). The summed E-state index contributed by atoms with van der Waals surface area (Å²) >= 11 is 0. The molecule has 0 amide bonds. The second-order valence-electron chi connectivity index (χ2n) is 12.4. The van der Waals surface area contributed by atoms with Crippen LogP contribution in [0.1, 0.15) is 17.2 Å². The highest BCUT2D eigenvalue weighted by molar-refractivity contribution is 6.36. The second-order valence-corrected chi connectivity index (χ2v) is 12.4. The Hall–Kier alpha value is -6.16. The minimum absolute atomic E-state index is 0.308. The standard InChI is InChI=1S/C45H33N3/c46-40(33-16-5-2-6-17-33)29-41(34-25-23-31(24-26-34)30-13-3-1-4-14-30)47-48-42-22-12-11-21-39(42)44-43-35-18-8-7-15-32(35)27-28-37(43)36-19-9-10-20-38(36)45(44)48/h1-29,40,47H,46H2/b41-29-. The fraction of sp³-hybridized carbons (Fsp3) is 0.0222. The molecule has 0 fully saturated rings. The van der Waals surface area contributed by atoms with Crippen molar-refractivity contribution >= 4 is 59.8 Å². The molecule has 0 aliphatic heterocycles. The highest BCUT2D eigenvalue weighted by Gasteiger charge is 2.20. The number of nitrogens with zero attached hydrogens (tertiary/aromatic N) is 1. The predicted octanol–water partition coefficient (Wildman–Crippen LogP) is 11.2. The van der Waals surface area contributed by atoms with Gasteiger partial charge in [-0.3, -0.25) is 10.1 Å². The van der Waals surface area contributed by atoms with E-state index >= 15 is 0 Å². The Bertz CT molecular complexity index is 2630. The van der Waals surface area contributed by atoms with Gasteiger partial charge in [-0.15, -0.1) is 0 Å². The molecule has 9 aromatic rings. The van der Waals surface area contributed by atoms with Crippen molar-refractivity contribution in [3.05, 3.63) is 187 Å². The summed E-state index contributed by atoms with van der Waals surface area (Å²) in [6.07, 6.45) is 2.14. The van der Waals surface area contributed by atoms with E-state index in [-0.39, 0.29) is 6.04 Å². The SMILES string of the molecule is NC(/C=C(\Nn1c2ccccc2c2c3c4ccccc4ccc3c3ccccc3c21)c1ccc(-c2ccccc2)cc1)c1ccccc1. The predicted molar refractivity (Wildman–Crippen MR) is 205 cm³/mol. The first kappa shape index (κ1) is 28.1. The van der Waals surface area contributed by atoms with Crippen molar-refractivity contribution < 1.29 is 0 Å². The average molecular weight is 616 g/mol. The lowest BCUT2D eigenvalue weighted by Crippen LogP contribution is -2.16. The normalized spacial score (nSPS) is 12.7. The van der Waals surface area contributed by atoms with Gasteiger partial charge in [-0.25, -0.2) is 0 Å². The summed E-state index contributed by atoms with van der Waals surface area (Å²) in [4.78, 5) is 0. The van der Waals surface area contributed by atoms with E-state index in [1.807, 2.05) is 18.2 Å². The number of rotatable bonds is 6. The third-order valence-electron chi connectivity index (χ3n) is 9.59. The Balaban J connectivity index is 1.32. The van der Waals surface area contributed by atoms with Gasteiger partial charge < -0.3 is 5.73 Å². The molecule has 8 aromatic carbocycles. The minimum atomic E-state index is -0.308. The molecule has 3 heteroatoms. The smallest absolute Gasteiger partial charge is 0.0794 e. The van der Waals surface area contributed by atoms with Crippen LogP contribution in [0.25, 0.3) is 70.9 Å². The van der Waals surface area contributed by atoms with E-state index < -0.39 is 0 Å². The first-order valence-electron chi connectivity index (χ1n) is 16.5. The zero-order chi connectivity index (χ0) is 32.0. The molecular weight excluding hydrogens is 583 g/mol. The first-order valence-corrected chi connectivity index (χ1v) is 16.5. The van der Waals surface area contributed by atoms with Gasteiger partial charge in [0.2, 0.25) is 0 Å². The molecule has 1 unspecified atom stereocenters. The fourth-order valence-corrected chi connectivity index (χ4v) is 7.30. The molecule has 0 saturated carbocycles. The molecule has 1 atom stereocenters. The van der Waals surface area contributed by atoms with Gasteiger partial charge in [-0.1, -0.05) is 164 Å². The quantitative estimate of drug-likeness (QED) is 0.183. The van der Waals surface area contributed by atoms with Crippen LogP contribution in [0.5, 0.6) is 0 Å². The number of hydrogen-bond donors (Lipinski definition) is 2. The summed E-state index contributed by atoms with van der Waals surface area (Å²) < 4.78 is 2.28. The van der Waals surface area contributed by atoms with Crippen LogP contribution in [0.2, 0.25) is 0 Å².